The lowest BCUT2D eigenvalue weighted by atomic mass is 9.93. The molecule has 1 aliphatic heterocycles. The Labute approximate surface area is 160 Å². The molecule has 0 atom stereocenters. The normalized spacial score (nSPS) is 17.6. The summed E-state index contributed by atoms with van der Waals surface area (Å²) in [7, 11) is -1.62. The second-order valence-electron chi connectivity index (χ2n) is 7.32. The van der Waals surface area contributed by atoms with Crippen LogP contribution in [0.3, 0.4) is 0 Å². The van der Waals surface area contributed by atoms with Crippen molar-refractivity contribution in [2.45, 2.75) is 50.1 Å². The van der Waals surface area contributed by atoms with Crippen molar-refractivity contribution < 1.29 is 21.6 Å². The van der Waals surface area contributed by atoms with Crippen LogP contribution in [0.4, 0.5) is 13.2 Å². The van der Waals surface area contributed by atoms with Crippen LogP contribution in [-0.2, 0) is 16.2 Å². The molecule has 0 spiro atoms. The van der Waals surface area contributed by atoms with Gasteiger partial charge >= 0.3 is 6.18 Å². The van der Waals surface area contributed by atoms with E-state index in [-0.39, 0.29) is 4.90 Å². The number of benzene rings is 1. The van der Waals surface area contributed by atoms with Gasteiger partial charge in [0.1, 0.15) is 0 Å². The summed E-state index contributed by atoms with van der Waals surface area (Å²) in [5, 5.41) is 0. The molecule has 0 N–H and O–H groups in total. The molecular weight excluding hydrogens is 377 g/mol. The average Bonchev–Trinajstić information content (AvgIpc) is 2.62. The first-order valence-electron chi connectivity index (χ1n) is 9.50. The molecule has 0 bridgehead atoms. The Hall–Kier alpha value is -1.12. The highest BCUT2D eigenvalue weighted by atomic mass is 32.2. The van der Waals surface area contributed by atoms with Gasteiger partial charge in [-0.1, -0.05) is 6.92 Å². The van der Waals surface area contributed by atoms with Crippen molar-refractivity contribution in [3.8, 4) is 0 Å². The van der Waals surface area contributed by atoms with Crippen molar-refractivity contribution in [1.82, 2.24) is 9.21 Å². The highest BCUT2D eigenvalue weighted by Crippen LogP contribution is 2.31. The molecule has 27 heavy (non-hydrogen) atoms. The van der Waals surface area contributed by atoms with Crippen molar-refractivity contribution >= 4 is 10.0 Å². The molecule has 154 valence electrons. The lowest BCUT2D eigenvalue weighted by molar-refractivity contribution is -0.137. The van der Waals surface area contributed by atoms with E-state index in [4.69, 9.17) is 0 Å². The molecule has 0 amide bonds. The van der Waals surface area contributed by atoms with Gasteiger partial charge in [0, 0.05) is 13.1 Å². The van der Waals surface area contributed by atoms with Gasteiger partial charge in [0.15, 0.2) is 0 Å². The minimum Gasteiger partial charge on any atom is -0.306 e. The zero-order valence-electron chi connectivity index (χ0n) is 16.0. The standard InChI is InChI=1S/C19H29F3N2O2S/c1-3-12-23(2)13-4-5-16-10-14-24(15-11-16)27(25,26)18-8-6-17(7-9-18)19(20,21)22/h6-9,16H,3-5,10-15H2,1-2H3. The van der Waals surface area contributed by atoms with Crippen molar-refractivity contribution in [2.75, 3.05) is 33.2 Å². The Morgan fingerprint density at radius 1 is 1.11 bits per heavy atom. The third kappa shape index (κ3) is 6.19. The quantitative estimate of drug-likeness (QED) is 0.649. The van der Waals surface area contributed by atoms with Crippen LogP contribution in [0.5, 0.6) is 0 Å². The van der Waals surface area contributed by atoms with E-state index in [1.807, 2.05) is 0 Å². The number of sulfonamides is 1. The van der Waals surface area contributed by atoms with Crippen molar-refractivity contribution in [2.24, 2.45) is 5.92 Å². The summed E-state index contributed by atoms with van der Waals surface area (Å²) in [6, 6.07) is 3.75. The van der Waals surface area contributed by atoms with E-state index in [1.54, 1.807) is 0 Å². The van der Waals surface area contributed by atoms with Gasteiger partial charge in [0.2, 0.25) is 10.0 Å². The van der Waals surface area contributed by atoms with Crippen molar-refractivity contribution in [1.29, 1.82) is 0 Å². The summed E-state index contributed by atoms with van der Waals surface area (Å²) in [6.45, 7) is 5.16. The van der Waals surface area contributed by atoms with Crippen molar-refractivity contribution in [3.63, 3.8) is 0 Å². The molecule has 0 unspecified atom stereocenters. The topological polar surface area (TPSA) is 40.6 Å². The van der Waals surface area contributed by atoms with Crippen molar-refractivity contribution in [3.05, 3.63) is 29.8 Å². The van der Waals surface area contributed by atoms with E-state index < -0.39 is 21.8 Å². The van der Waals surface area contributed by atoms with Crippen LogP contribution in [0.25, 0.3) is 0 Å². The van der Waals surface area contributed by atoms with Gasteiger partial charge in [-0.3, -0.25) is 0 Å². The van der Waals surface area contributed by atoms with E-state index in [0.717, 1.165) is 69.5 Å². The predicted octanol–water partition coefficient (Wildman–Crippen LogP) is 4.23. The number of hydrogen-bond acceptors (Lipinski definition) is 3. The number of hydrogen-bond donors (Lipinski definition) is 0. The molecule has 1 aromatic rings. The Morgan fingerprint density at radius 2 is 1.70 bits per heavy atom. The third-order valence-corrected chi connectivity index (χ3v) is 7.06. The minimum absolute atomic E-state index is 0.0739. The SMILES string of the molecule is CCCN(C)CCCC1CCN(S(=O)(=O)c2ccc(C(F)(F)F)cc2)CC1. The summed E-state index contributed by atoms with van der Waals surface area (Å²) in [5.74, 6) is 0.513. The fourth-order valence-corrected chi connectivity index (χ4v) is 5.02. The number of nitrogens with zero attached hydrogens (tertiary/aromatic N) is 2. The Balaban J connectivity index is 1.87. The van der Waals surface area contributed by atoms with Crippen LogP contribution in [-0.4, -0.2) is 50.8 Å². The molecule has 0 aliphatic carbocycles. The first-order chi connectivity index (χ1) is 12.6. The molecule has 1 fully saturated rings. The zero-order chi connectivity index (χ0) is 20.1. The summed E-state index contributed by atoms with van der Waals surface area (Å²) in [5.41, 5.74) is -0.840. The molecule has 2 rings (SSSR count). The van der Waals surface area contributed by atoms with E-state index >= 15 is 0 Å². The highest BCUT2D eigenvalue weighted by Gasteiger charge is 2.32. The van der Waals surface area contributed by atoms with E-state index in [0.29, 0.717) is 19.0 Å². The number of piperidine rings is 1. The molecule has 1 aliphatic rings. The summed E-state index contributed by atoms with van der Waals surface area (Å²) >= 11 is 0. The van der Waals surface area contributed by atoms with Gasteiger partial charge in [-0.2, -0.15) is 17.5 Å². The number of halogens is 3. The molecule has 1 saturated heterocycles. The van der Waals surface area contributed by atoms with Gasteiger partial charge in [0.05, 0.1) is 10.5 Å². The van der Waals surface area contributed by atoms with Crippen LogP contribution in [0.15, 0.2) is 29.2 Å². The summed E-state index contributed by atoms with van der Waals surface area (Å²) < 4.78 is 64.7. The molecule has 4 nitrogen and oxygen atoms in total. The molecule has 0 aromatic heterocycles. The zero-order valence-corrected chi connectivity index (χ0v) is 16.8. The van der Waals surface area contributed by atoms with Gasteiger partial charge in [-0.15, -0.1) is 0 Å². The first-order valence-corrected chi connectivity index (χ1v) is 10.9. The van der Waals surface area contributed by atoms with Crippen LogP contribution in [0, 0.1) is 5.92 Å². The second-order valence-corrected chi connectivity index (χ2v) is 9.25. The van der Waals surface area contributed by atoms with E-state index in [9.17, 15) is 21.6 Å². The third-order valence-electron chi connectivity index (χ3n) is 5.15. The van der Waals surface area contributed by atoms with Gasteiger partial charge in [0.25, 0.3) is 0 Å². The Morgan fingerprint density at radius 3 is 2.22 bits per heavy atom. The van der Waals surface area contributed by atoms with E-state index in [1.165, 1.54) is 4.31 Å². The molecule has 1 aromatic carbocycles. The second kappa shape index (κ2) is 9.39. The maximum absolute atomic E-state index is 12.7. The Bertz CT molecular complexity index is 682. The minimum atomic E-state index is -4.47. The molecule has 0 saturated carbocycles. The maximum Gasteiger partial charge on any atom is 0.416 e. The van der Waals surface area contributed by atoms with Crippen LogP contribution in [0.1, 0.15) is 44.6 Å². The fourth-order valence-electron chi connectivity index (χ4n) is 3.55. The molecular formula is C19H29F3N2O2S. The summed E-state index contributed by atoms with van der Waals surface area (Å²) in [6.07, 6.45) is 0.465. The molecule has 1 heterocycles. The van der Waals surface area contributed by atoms with Gasteiger partial charge in [-0.05, 0) is 82.4 Å². The highest BCUT2D eigenvalue weighted by molar-refractivity contribution is 7.89. The van der Waals surface area contributed by atoms with Crippen LogP contribution in [0.2, 0.25) is 0 Å². The van der Waals surface area contributed by atoms with Gasteiger partial charge < -0.3 is 4.90 Å². The van der Waals surface area contributed by atoms with Crippen LogP contribution < -0.4 is 0 Å². The molecule has 8 heteroatoms. The summed E-state index contributed by atoms with van der Waals surface area (Å²) in [4.78, 5) is 2.24. The fraction of sp³-hybridized carbons (Fsp3) is 0.684. The van der Waals surface area contributed by atoms with Crippen LogP contribution >= 0.6 is 0 Å². The smallest absolute Gasteiger partial charge is 0.306 e. The monoisotopic (exact) mass is 406 g/mol. The first kappa shape index (κ1) is 22.2. The maximum atomic E-state index is 12.7. The average molecular weight is 407 g/mol. The Kier molecular flexibility index (Phi) is 7.71. The largest absolute Gasteiger partial charge is 0.416 e. The predicted molar refractivity (Wildman–Crippen MR) is 99.9 cm³/mol. The molecule has 0 radical (unpaired) electrons. The lowest BCUT2D eigenvalue weighted by Crippen LogP contribution is -2.38. The van der Waals surface area contributed by atoms with E-state index in [2.05, 4.69) is 18.9 Å². The number of alkyl halides is 3. The number of rotatable bonds is 8. The van der Waals surface area contributed by atoms with Gasteiger partial charge in [-0.25, -0.2) is 8.42 Å². The lowest BCUT2D eigenvalue weighted by Gasteiger charge is -2.31.